The fourth-order valence-corrected chi connectivity index (χ4v) is 3.74. The van der Waals surface area contributed by atoms with Crippen molar-refractivity contribution in [2.45, 2.75) is 39.4 Å². The molecule has 0 spiro atoms. The van der Waals surface area contributed by atoms with Gasteiger partial charge in [-0.1, -0.05) is 0 Å². The zero-order chi connectivity index (χ0) is 22.1. The van der Waals surface area contributed by atoms with Crippen molar-refractivity contribution >= 4 is 22.8 Å². The Balaban J connectivity index is 1.94. The van der Waals surface area contributed by atoms with Crippen molar-refractivity contribution in [2.75, 3.05) is 19.7 Å². The van der Waals surface area contributed by atoms with Crippen molar-refractivity contribution < 1.29 is 27.5 Å². The number of pyridine rings is 1. The summed E-state index contributed by atoms with van der Waals surface area (Å²) in [6.07, 6.45) is -2.36. The molecule has 0 atom stereocenters. The summed E-state index contributed by atoms with van der Waals surface area (Å²) in [6.45, 7) is 4.71. The molecule has 0 unspecified atom stereocenters. The van der Waals surface area contributed by atoms with Crippen LogP contribution in [-0.4, -0.2) is 41.0 Å². The molecular weight excluding hydrogens is 401 g/mol. The van der Waals surface area contributed by atoms with E-state index >= 15 is 0 Å². The van der Waals surface area contributed by atoms with Crippen molar-refractivity contribution in [1.29, 1.82) is 0 Å². The van der Waals surface area contributed by atoms with Crippen molar-refractivity contribution in [3.8, 4) is 0 Å². The average molecular weight is 424 g/mol. The largest absolute Gasteiger partial charge is 0.466 e. The number of carbonyl (C=O) groups is 2. The lowest BCUT2D eigenvalue weighted by Gasteiger charge is -2.31. The van der Waals surface area contributed by atoms with Crippen LogP contribution >= 0.6 is 0 Å². The molecule has 0 saturated carbocycles. The van der Waals surface area contributed by atoms with Gasteiger partial charge in [0.2, 0.25) is 5.43 Å². The zero-order valence-corrected chi connectivity index (χ0v) is 16.8. The molecule has 2 aromatic rings. The maximum Gasteiger partial charge on any atom is 0.416 e. The first-order chi connectivity index (χ1) is 14.2. The van der Waals surface area contributed by atoms with Crippen LogP contribution in [0, 0.1) is 5.92 Å². The summed E-state index contributed by atoms with van der Waals surface area (Å²) in [4.78, 5) is 39.2. The molecular formula is C21H23F3N2O4. The van der Waals surface area contributed by atoms with Gasteiger partial charge < -0.3 is 14.2 Å². The lowest BCUT2D eigenvalue weighted by atomic mass is 9.96. The molecule has 1 aromatic carbocycles. The van der Waals surface area contributed by atoms with Gasteiger partial charge in [0.25, 0.3) is 5.91 Å². The molecule has 1 amide bonds. The number of piperidine rings is 1. The fourth-order valence-electron chi connectivity index (χ4n) is 3.74. The third kappa shape index (κ3) is 4.20. The number of hydrogen-bond donors (Lipinski definition) is 0. The first-order valence-corrected chi connectivity index (χ1v) is 9.87. The number of aromatic nitrogens is 1. The minimum absolute atomic E-state index is 0.140. The van der Waals surface area contributed by atoms with E-state index in [1.54, 1.807) is 18.4 Å². The van der Waals surface area contributed by atoms with Crippen LogP contribution in [0.1, 0.15) is 42.6 Å². The van der Waals surface area contributed by atoms with Crippen LogP contribution in [0.5, 0.6) is 0 Å². The van der Waals surface area contributed by atoms with E-state index < -0.39 is 23.1 Å². The molecule has 6 nitrogen and oxygen atoms in total. The number of amides is 1. The molecule has 30 heavy (non-hydrogen) atoms. The second-order valence-electron chi connectivity index (χ2n) is 7.21. The van der Waals surface area contributed by atoms with Crippen molar-refractivity contribution in [1.82, 2.24) is 9.47 Å². The average Bonchev–Trinajstić information content (AvgIpc) is 2.73. The molecule has 2 heterocycles. The Kier molecular flexibility index (Phi) is 6.19. The predicted molar refractivity (Wildman–Crippen MR) is 104 cm³/mol. The molecule has 0 aliphatic carbocycles. The van der Waals surface area contributed by atoms with Gasteiger partial charge in [0, 0.05) is 31.2 Å². The molecule has 1 saturated heterocycles. The van der Waals surface area contributed by atoms with E-state index in [0.29, 0.717) is 24.9 Å². The normalized spacial score (nSPS) is 15.4. The Morgan fingerprint density at radius 2 is 1.83 bits per heavy atom. The number of halogens is 3. The molecule has 1 aliphatic heterocycles. The molecule has 0 bridgehead atoms. The Hall–Kier alpha value is -2.84. The number of ether oxygens (including phenoxy) is 1. The third-order valence-electron chi connectivity index (χ3n) is 5.38. The van der Waals surface area contributed by atoms with Crippen LogP contribution in [-0.2, 0) is 22.3 Å². The Labute approximate surface area is 171 Å². The van der Waals surface area contributed by atoms with Gasteiger partial charge in [-0.3, -0.25) is 14.4 Å². The molecule has 0 radical (unpaired) electrons. The summed E-state index contributed by atoms with van der Waals surface area (Å²) in [5.41, 5.74) is -1.49. The minimum Gasteiger partial charge on any atom is -0.466 e. The number of nitrogens with zero attached hydrogens (tertiary/aromatic N) is 2. The van der Waals surface area contributed by atoms with Gasteiger partial charge in [-0.25, -0.2) is 0 Å². The quantitative estimate of drug-likeness (QED) is 0.705. The first kappa shape index (κ1) is 21.9. The summed E-state index contributed by atoms with van der Waals surface area (Å²) in [7, 11) is 0. The van der Waals surface area contributed by atoms with Gasteiger partial charge in [-0.2, -0.15) is 13.2 Å². The van der Waals surface area contributed by atoms with Crippen LogP contribution in [0.4, 0.5) is 13.2 Å². The standard InChI is InChI=1S/C21H23F3N2O4/c1-3-25-12-16(18(27)15-11-14(21(22,23)24)5-6-17(15)25)19(28)26-9-7-13(8-10-26)20(29)30-4-2/h5-6,11-13H,3-4,7-10H2,1-2H3. The minimum atomic E-state index is -4.59. The van der Waals surface area contributed by atoms with Gasteiger partial charge in [-0.15, -0.1) is 0 Å². The van der Waals surface area contributed by atoms with Gasteiger partial charge in [-0.05, 0) is 44.9 Å². The topological polar surface area (TPSA) is 68.6 Å². The van der Waals surface area contributed by atoms with Crippen LogP contribution in [0.15, 0.2) is 29.2 Å². The molecule has 1 aliphatic rings. The zero-order valence-electron chi connectivity index (χ0n) is 16.8. The SMILES string of the molecule is CCOC(=O)C1CCN(C(=O)c2cn(CC)c3ccc(C(F)(F)F)cc3c2=O)CC1. The maximum absolute atomic E-state index is 13.1. The predicted octanol–water partition coefficient (Wildman–Crippen LogP) is 3.46. The Morgan fingerprint density at radius 3 is 2.40 bits per heavy atom. The molecule has 9 heteroatoms. The van der Waals surface area contributed by atoms with E-state index in [9.17, 15) is 27.6 Å². The smallest absolute Gasteiger partial charge is 0.416 e. The third-order valence-corrected chi connectivity index (χ3v) is 5.38. The van der Waals surface area contributed by atoms with Crippen LogP contribution < -0.4 is 5.43 Å². The number of benzene rings is 1. The lowest BCUT2D eigenvalue weighted by Crippen LogP contribution is -2.42. The highest BCUT2D eigenvalue weighted by molar-refractivity contribution is 5.97. The van der Waals surface area contributed by atoms with Gasteiger partial charge in [0.05, 0.1) is 23.6 Å². The highest BCUT2D eigenvalue weighted by atomic mass is 19.4. The fraction of sp³-hybridized carbons (Fsp3) is 0.476. The molecule has 0 N–H and O–H groups in total. The van der Waals surface area contributed by atoms with Crippen LogP contribution in [0.25, 0.3) is 10.9 Å². The second-order valence-corrected chi connectivity index (χ2v) is 7.21. The van der Waals surface area contributed by atoms with E-state index in [2.05, 4.69) is 0 Å². The van der Waals surface area contributed by atoms with E-state index in [0.717, 1.165) is 12.1 Å². The summed E-state index contributed by atoms with van der Waals surface area (Å²) < 4.78 is 45.9. The second kappa shape index (κ2) is 8.49. The number of esters is 1. The van der Waals surface area contributed by atoms with Gasteiger partial charge in [0.1, 0.15) is 5.56 Å². The summed E-state index contributed by atoms with van der Waals surface area (Å²) >= 11 is 0. The maximum atomic E-state index is 13.1. The number of carbonyl (C=O) groups excluding carboxylic acids is 2. The molecule has 162 valence electrons. The van der Waals surface area contributed by atoms with Gasteiger partial charge in [0.15, 0.2) is 0 Å². The number of aryl methyl sites for hydroxylation is 1. The lowest BCUT2D eigenvalue weighted by molar-refractivity contribution is -0.149. The highest BCUT2D eigenvalue weighted by Gasteiger charge is 2.32. The summed E-state index contributed by atoms with van der Waals surface area (Å²) in [6, 6.07) is 2.98. The van der Waals surface area contributed by atoms with Gasteiger partial charge >= 0.3 is 12.1 Å². The number of fused-ring (bicyclic) bond motifs is 1. The van der Waals surface area contributed by atoms with E-state index in [4.69, 9.17) is 4.74 Å². The van der Waals surface area contributed by atoms with Crippen molar-refractivity contribution in [2.24, 2.45) is 5.92 Å². The number of hydrogen-bond acceptors (Lipinski definition) is 4. The van der Waals surface area contributed by atoms with Crippen molar-refractivity contribution in [3.63, 3.8) is 0 Å². The highest BCUT2D eigenvalue weighted by Crippen LogP contribution is 2.31. The number of likely N-dealkylation sites (tertiary alicyclic amines) is 1. The van der Waals surface area contributed by atoms with E-state index in [1.807, 2.05) is 0 Å². The monoisotopic (exact) mass is 424 g/mol. The van der Waals surface area contributed by atoms with Crippen molar-refractivity contribution in [3.05, 3.63) is 45.7 Å². The summed E-state index contributed by atoms with van der Waals surface area (Å²) in [5, 5.41) is -0.140. The summed E-state index contributed by atoms with van der Waals surface area (Å²) in [5.74, 6) is -1.14. The first-order valence-electron chi connectivity index (χ1n) is 9.87. The Bertz CT molecular complexity index is 1020. The number of rotatable bonds is 4. The molecule has 3 rings (SSSR count). The van der Waals surface area contributed by atoms with Crippen LogP contribution in [0.3, 0.4) is 0 Å². The molecule has 1 aromatic heterocycles. The number of alkyl halides is 3. The van der Waals surface area contributed by atoms with E-state index in [1.165, 1.54) is 17.2 Å². The Morgan fingerprint density at radius 1 is 1.17 bits per heavy atom. The van der Waals surface area contributed by atoms with Crippen LogP contribution in [0.2, 0.25) is 0 Å². The van der Waals surface area contributed by atoms with E-state index in [-0.39, 0.29) is 42.5 Å². The molecule has 1 fully saturated rings.